The number of para-hydroxylation sites is 1. The molecule has 106 valence electrons. The maximum absolute atomic E-state index is 5.90. The minimum atomic E-state index is 0.163. The molecule has 0 heterocycles. The summed E-state index contributed by atoms with van der Waals surface area (Å²) in [4.78, 5) is 0. The molecule has 0 saturated heterocycles. The molecule has 2 nitrogen and oxygen atoms in total. The SMILES string of the molecule is CNC(COc1ccccc1)c1cccc2ccccc12. The Kier molecular flexibility index (Phi) is 4.17. The van der Waals surface area contributed by atoms with E-state index in [-0.39, 0.29) is 6.04 Å². The lowest BCUT2D eigenvalue weighted by atomic mass is 9.99. The molecular weight excluding hydrogens is 258 g/mol. The molecule has 3 aromatic rings. The topological polar surface area (TPSA) is 21.3 Å². The molecule has 0 fully saturated rings. The number of rotatable bonds is 5. The van der Waals surface area contributed by atoms with Gasteiger partial charge in [0.15, 0.2) is 0 Å². The maximum atomic E-state index is 5.90. The van der Waals surface area contributed by atoms with Gasteiger partial charge in [-0.25, -0.2) is 0 Å². The number of nitrogens with one attached hydrogen (secondary N) is 1. The van der Waals surface area contributed by atoms with Gasteiger partial charge in [-0.2, -0.15) is 0 Å². The second-order valence-electron chi connectivity index (χ2n) is 5.03. The average Bonchev–Trinajstić information content (AvgIpc) is 2.56. The molecule has 21 heavy (non-hydrogen) atoms. The van der Waals surface area contributed by atoms with Crippen molar-refractivity contribution in [2.75, 3.05) is 13.7 Å². The van der Waals surface area contributed by atoms with Gasteiger partial charge in [-0.05, 0) is 35.5 Å². The largest absolute Gasteiger partial charge is 0.492 e. The van der Waals surface area contributed by atoms with Crippen molar-refractivity contribution in [3.63, 3.8) is 0 Å². The first-order chi connectivity index (χ1) is 10.4. The van der Waals surface area contributed by atoms with Crippen LogP contribution in [0.1, 0.15) is 11.6 Å². The molecule has 0 aliphatic carbocycles. The number of hydrogen-bond donors (Lipinski definition) is 1. The van der Waals surface area contributed by atoms with Gasteiger partial charge in [0, 0.05) is 0 Å². The van der Waals surface area contributed by atoms with Crippen molar-refractivity contribution >= 4 is 10.8 Å². The fourth-order valence-electron chi connectivity index (χ4n) is 2.58. The van der Waals surface area contributed by atoms with E-state index in [1.54, 1.807) is 0 Å². The van der Waals surface area contributed by atoms with Crippen molar-refractivity contribution in [3.8, 4) is 5.75 Å². The van der Waals surface area contributed by atoms with Crippen LogP contribution in [0.5, 0.6) is 5.75 Å². The Morgan fingerprint density at radius 3 is 2.38 bits per heavy atom. The van der Waals surface area contributed by atoms with Crippen molar-refractivity contribution in [3.05, 3.63) is 78.4 Å². The van der Waals surface area contributed by atoms with Crippen LogP contribution >= 0.6 is 0 Å². The van der Waals surface area contributed by atoms with Crippen molar-refractivity contribution < 1.29 is 4.74 Å². The zero-order valence-corrected chi connectivity index (χ0v) is 12.1. The van der Waals surface area contributed by atoms with E-state index in [2.05, 4.69) is 47.8 Å². The monoisotopic (exact) mass is 277 g/mol. The van der Waals surface area contributed by atoms with E-state index in [9.17, 15) is 0 Å². The van der Waals surface area contributed by atoms with Crippen molar-refractivity contribution in [1.82, 2.24) is 5.32 Å². The van der Waals surface area contributed by atoms with Crippen LogP contribution in [0.2, 0.25) is 0 Å². The number of hydrogen-bond acceptors (Lipinski definition) is 2. The zero-order valence-electron chi connectivity index (χ0n) is 12.1. The van der Waals surface area contributed by atoms with Crippen LogP contribution in [-0.2, 0) is 0 Å². The van der Waals surface area contributed by atoms with Crippen LogP contribution in [0, 0.1) is 0 Å². The van der Waals surface area contributed by atoms with Crippen LogP contribution in [-0.4, -0.2) is 13.7 Å². The fraction of sp³-hybridized carbons (Fsp3) is 0.158. The summed E-state index contributed by atoms with van der Waals surface area (Å²) in [6.45, 7) is 0.606. The quantitative estimate of drug-likeness (QED) is 0.755. The van der Waals surface area contributed by atoms with Gasteiger partial charge in [0.2, 0.25) is 0 Å². The minimum absolute atomic E-state index is 0.163. The third-order valence-electron chi connectivity index (χ3n) is 3.71. The molecule has 0 aliphatic rings. The van der Waals surface area contributed by atoms with Gasteiger partial charge in [-0.15, -0.1) is 0 Å². The fourth-order valence-corrected chi connectivity index (χ4v) is 2.58. The molecule has 1 N–H and O–H groups in total. The minimum Gasteiger partial charge on any atom is -0.492 e. The Morgan fingerprint density at radius 1 is 0.857 bits per heavy atom. The summed E-state index contributed by atoms with van der Waals surface area (Å²) in [5, 5.41) is 5.89. The molecular formula is C19H19NO. The smallest absolute Gasteiger partial charge is 0.119 e. The summed E-state index contributed by atoms with van der Waals surface area (Å²) in [6, 6.07) is 25.0. The Bertz CT molecular complexity index is 704. The highest BCUT2D eigenvalue weighted by Crippen LogP contribution is 2.25. The number of ether oxygens (including phenoxy) is 1. The first kappa shape index (κ1) is 13.7. The molecule has 0 saturated carbocycles. The van der Waals surface area contributed by atoms with Crippen molar-refractivity contribution in [1.29, 1.82) is 0 Å². The average molecular weight is 277 g/mol. The molecule has 0 spiro atoms. The first-order valence-corrected chi connectivity index (χ1v) is 7.21. The number of benzene rings is 3. The molecule has 2 heteroatoms. The van der Waals surface area contributed by atoms with Gasteiger partial charge in [-0.3, -0.25) is 0 Å². The normalized spacial score (nSPS) is 12.2. The third-order valence-corrected chi connectivity index (χ3v) is 3.71. The van der Waals surface area contributed by atoms with E-state index in [0.29, 0.717) is 6.61 Å². The summed E-state index contributed by atoms with van der Waals surface area (Å²) in [7, 11) is 1.97. The van der Waals surface area contributed by atoms with Crippen molar-refractivity contribution in [2.24, 2.45) is 0 Å². The summed E-state index contributed by atoms with van der Waals surface area (Å²) in [5.41, 5.74) is 1.27. The first-order valence-electron chi connectivity index (χ1n) is 7.21. The van der Waals surface area contributed by atoms with Crippen LogP contribution in [0.3, 0.4) is 0 Å². The van der Waals surface area contributed by atoms with E-state index in [1.807, 2.05) is 37.4 Å². The Labute approximate surface area is 125 Å². The van der Waals surface area contributed by atoms with E-state index in [1.165, 1.54) is 16.3 Å². The predicted octanol–water partition coefficient (Wildman–Crippen LogP) is 4.18. The van der Waals surface area contributed by atoms with Crippen LogP contribution in [0.25, 0.3) is 10.8 Å². The molecule has 3 rings (SSSR count). The molecule has 0 radical (unpaired) electrons. The van der Waals surface area contributed by atoms with Crippen molar-refractivity contribution in [2.45, 2.75) is 6.04 Å². The van der Waals surface area contributed by atoms with E-state index < -0.39 is 0 Å². The number of fused-ring (bicyclic) bond motifs is 1. The van der Waals surface area contributed by atoms with Gasteiger partial charge in [0.25, 0.3) is 0 Å². The molecule has 0 amide bonds. The highest BCUT2D eigenvalue weighted by Gasteiger charge is 2.13. The van der Waals surface area contributed by atoms with E-state index in [0.717, 1.165) is 5.75 Å². The molecule has 0 aromatic heterocycles. The van der Waals surface area contributed by atoms with Gasteiger partial charge < -0.3 is 10.1 Å². The lowest BCUT2D eigenvalue weighted by Gasteiger charge is -2.19. The van der Waals surface area contributed by atoms with Gasteiger partial charge in [-0.1, -0.05) is 60.7 Å². The molecule has 0 bridgehead atoms. The predicted molar refractivity (Wildman–Crippen MR) is 87.7 cm³/mol. The Hall–Kier alpha value is -2.32. The molecule has 1 atom stereocenters. The lowest BCUT2D eigenvalue weighted by molar-refractivity contribution is 0.274. The van der Waals surface area contributed by atoms with Crippen LogP contribution < -0.4 is 10.1 Å². The molecule has 3 aromatic carbocycles. The standard InChI is InChI=1S/C19H19NO/c1-20-19(14-21-16-10-3-2-4-11-16)18-13-7-9-15-8-5-6-12-17(15)18/h2-13,19-20H,14H2,1H3. The summed E-state index contributed by atoms with van der Waals surface area (Å²) < 4.78 is 5.90. The maximum Gasteiger partial charge on any atom is 0.119 e. The lowest BCUT2D eigenvalue weighted by Crippen LogP contribution is -2.23. The van der Waals surface area contributed by atoms with E-state index in [4.69, 9.17) is 4.74 Å². The highest BCUT2D eigenvalue weighted by molar-refractivity contribution is 5.86. The molecule has 0 aliphatic heterocycles. The number of likely N-dealkylation sites (N-methyl/N-ethyl adjacent to an activating group) is 1. The van der Waals surface area contributed by atoms with Crippen LogP contribution in [0.4, 0.5) is 0 Å². The van der Waals surface area contributed by atoms with Crippen LogP contribution in [0.15, 0.2) is 72.8 Å². The second kappa shape index (κ2) is 6.42. The highest BCUT2D eigenvalue weighted by atomic mass is 16.5. The summed E-state index contributed by atoms with van der Waals surface area (Å²) in [6.07, 6.45) is 0. The Morgan fingerprint density at radius 2 is 1.57 bits per heavy atom. The van der Waals surface area contributed by atoms with Gasteiger partial charge in [0.1, 0.15) is 12.4 Å². The van der Waals surface area contributed by atoms with E-state index >= 15 is 0 Å². The Balaban J connectivity index is 1.85. The zero-order chi connectivity index (χ0) is 14.5. The third kappa shape index (κ3) is 3.06. The summed E-state index contributed by atoms with van der Waals surface area (Å²) >= 11 is 0. The van der Waals surface area contributed by atoms with Gasteiger partial charge >= 0.3 is 0 Å². The van der Waals surface area contributed by atoms with Gasteiger partial charge in [0.05, 0.1) is 6.04 Å². The summed E-state index contributed by atoms with van der Waals surface area (Å²) in [5.74, 6) is 0.901. The molecule has 1 unspecified atom stereocenters. The second-order valence-corrected chi connectivity index (χ2v) is 5.03.